The third-order valence-corrected chi connectivity index (χ3v) is 9.31. The number of fused-ring (bicyclic) bond motifs is 1. The van der Waals surface area contributed by atoms with Crippen LogP contribution < -0.4 is 14.2 Å². The molecule has 4 aromatic carbocycles. The number of halogens is 1. The molecule has 0 fully saturated rings. The van der Waals surface area contributed by atoms with Gasteiger partial charge in [0, 0.05) is 45.0 Å². The molecule has 1 atom stereocenters. The lowest BCUT2D eigenvalue weighted by Crippen LogP contribution is -2.28. The van der Waals surface area contributed by atoms with E-state index < -0.39 is 0 Å². The minimum atomic E-state index is -0.344. The molecule has 0 N–H and O–H groups in total. The molecule has 1 amide bonds. The normalized spacial score (nSPS) is 14.5. The summed E-state index contributed by atoms with van der Waals surface area (Å²) >= 11 is 5.05. The summed E-state index contributed by atoms with van der Waals surface area (Å²) < 4.78 is 20.0. The van der Waals surface area contributed by atoms with Crippen molar-refractivity contribution in [2.75, 3.05) is 27.1 Å². The molecule has 44 heavy (non-hydrogen) atoms. The molecule has 5 aromatic rings. The Labute approximate surface area is 269 Å². The van der Waals surface area contributed by atoms with Crippen LogP contribution >= 0.6 is 27.7 Å². The lowest BCUT2D eigenvalue weighted by atomic mass is 9.97. The first kappa shape index (κ1) is 29.8. The summed E-state index contributed by atoms with van der Waals surface area (Å²) in [4.78, 5) is 15.0. The number of ether oxygens (including phenoxy) is 3. The van der Waals surface area contributed by atoms with Crippen molar-refractivity contribution >= 4 is 50.2 Å². The number of methoxy groups -OCH3 is 3. The molecule has 6 rings (SSSR count). The van der Waals surface area contributed by atoms with Crippen LogP contribution in [0.3, 0.4) is 0 Å². The highest BCUT2D eigenvalue weighted by atomic mass is 79.9. The van der Waals surface area contributed by atoms with E-state index >= 15 is 0 Å². The highest BCUT2D eigenvalue weighted by Crippen LogP contribution is 2.42. The lowest BCUT2D eigenvalue weighted by molar-refractivity contribution is -0.130. The van der Waals surface area contributed by atoms with Crippen LogP contribution in [0.1, 0.15) is 29.2 Å². The molecule has 0 saturated heterocycles. The monoisotopic (exact) mass is 669 g/mol. The number of para-hydroxylation sites is 2. The summed E-state index contributed by atoms with van der Waals surface area (Å²) in [5.41, 5.74) is 4.95. The predicted octanol–water partition coefficient (Wildman–Crippen LogP) is 7.95. The van der Waals surface area contributed by atoms with Crippen molar-refractivity contribution in [3.63, 3.8) is 0 Å². The first-order valence-electron chi connectivity index (χ1n) is 14.2. The molecule has 0 radical (unpaired) electrons. The summed E-state index contributed by atoms with van der Waals surface area (Å²) in [5, 5.41) is 7.62. The van der Waals surface area contributed by atoms with Crippen LogP contribution in [0.5, 0.6) is 17.2 Å². The van der Waals surface area contributed by atoms with Gasteiger partial charge >= 0.3 is 0 Å². The van der Waals surface area contributed by atoms with Crippen LogP contribution in [0, 0.1) is 0 Å². The van der Waals surface area contributed by atoms with Crippen LogP contribution in [0.25, 0.3) is 10.9 Å². The van der Waals surface area contributed by atoms with Crippen molar-refractivity contribution in [3.05, 3.63) is 118 Å². The van der Waals surface area contributed by atoms with Crippen molar-refractivity contribution in [1.82, 2.24) is 9.58 Å². The number of nitrogens with zero attached hydrogens (tertiary/aromatic N) is 3. The quantitative estimate of drug-likeness (QED) is 0.141. The van der Waals surface area contributed by atoms with Gasteiger partial charge in [0.15, 0.2) is 11.5 Å². The van der Waals surface area contributed by atoms with E-state index in [4.69, 9.17) is 19.3 Å². The average molecular weight is 671 g/mol. The fourth-order valence-electron chi connectivity index (χ4n) is 5.57. The fourth-order valence-corrected chi connectivity index (χ4v) is 6.77. The van der Waals surface area contributed by atoms with Crippen molar-refractivity contribution in [1.29, 1.82) is 0 Å². The Morgan fingerprint density at radius 3 is 2.41 bits per heavy atom. The summed E-state index contributed by atoms with van der Waals surface area (Å²) in [7, 11) is 4.87. The molecule has 1 aromatic heterocycles. The smallest absolute Gasteiger partial charge is 0.253 e. The molecular weight excluding hydrogens is 638 g/mol. The van der Waals surface area contributed by atoms with Gasteiger partial charge in [-0.2, -0.15) is 5.10 Å². The number of hydrazone groups is 1. The van der Waals surface area contributed by atoms with E-state index in [-0.39, 0.29) is 17.7 Å². The van der Waals surface area contributed by atoms with Gasteiger partial charge < -0.3 is 18.8 Å². The summed E-state index contributed by atoms with van der Waals surface area (Å²) in [5.74, 6) is 2.13. The van der Waals surface area contributed by atoms with Crippen LogP contribution in [0.15, 0.2) is 112 Å². The van der Waals surface area contributed by atoms with E-state index in [2.05, 4.69) is 63.1 Å². The largest absolute Gasteiger partial charge is 0.497 e. The molecule has 1 aliphatic rings. The number of hydrogen-bond donors (Lipinski definition) is 0. The Kier molecular flexibility index (Phi) is 8.95. The van der Waals surface area contributed by atoms with E-state index in [0.717, 1.165) is 49.4 Å². The second-order valence-corrected chi connectivity index (χ2v) is 12.3. The second-order valence-electron chi connectivity index (χ2n) is 10.4. The number of thioether (sulfide) groups is 1. The predicted molar refractivity (Wildman–Crippen MR) is 179 cm³/mol. The highest BCUT2D eigenvalue weighted by Gasteiger charge is 2.35. The molecule has 0 saturated carbocycles. The number of hydrogen-bond acceptors (Lipinski definition) is 6. The standard InChI is InChI=1S/C35H32BrN3O4S/c1-41-26-17-13-24(14-18-26)29-19-31(28-8-6-10-32(42-2)35(28)43-3)39(37-29)34(40)22-44-33-21-38(30-9-5-4-7-27(30)33)20-23-11-15-25(36)16-12-23/h4-18,21,31H,19-20,22H2,1-3H3/t31-/m0/s1. The Bertz CT molecular complexity index is 1820. The minimum Gasteiger partial charge on any atom is -0.497 e. The number of carbonyl (C=O) groups excluding carboxylic acids is 1. The molecule has 0 spiro atoms. The SMILES string of the molecule is COc1ccc(C2=NN(C(=O)CSc3cn(Cc4ccc(Br)cc4)c4ccccc34)[C@H](c3cccc(OC)c3OC)C2)cc1. The van der Waals surface area contributed by atoms with Gasteiger partial charge in [-0.3, -0.25) is 4.79 Å². The fraction of sp³-hybridized carbons (Fsp3) is 0.200. The second kappa shape index (κ2) is 13.2. The minimum absolute atomic E-state index is 0.0851. The third-order valence-electron chi connectivity index (χ3n) is 7.75. The third kappa shape index (κ3) is 6.07. The number of rotatable bonds is 10. The molecule has 0 aliphatic carbocycles. The number of benzene rings is 4. The summed E-state index contributed by atoms with van der Waals surface area (Å²) in [6, 6.07) is 29.8. The number of aromatic nitrogens is 1. The molecule has 2 heterocycles. The number of amides is 1. The van der Waals surface area contributed by atoms with Gasteiger partial charge in [0.2, 0.25) is 0 Å². The van der Waals surface area contributed by atoms with Gasteiger partial charge in [-0.05, 0) is 59.7 Å². The molecule has 9 heteroatoms. The highest BCUT2D eigenvalue weighted by molar-refractivity contribution is 9.10. The summed E-state index contributed by atoms with van der Waals surface area (Å²) in [6.45, 7) is 0.738. The lowest BCUT2D eigenvalue weighted by Gasteiger charge is -2.24. The van der Waals surface area contributed by atoms with Gasteiger partial charge in [0.1, 0.15) is 5.75 Å². The maximum absolute atomic E-state index is 14.0. The van der Waals surface area contributed by atoms with Crippen LogP contribution in [0.2, 0.25) is 0 Å². The van der Waals surface area contributed by atoms with Crippen LogP contribution in [-0.2, 0) is 11.3 Å². The van der Waals surface area contributed by atoms with Crippen molar-refractivity contribution in [2.24, 2.45) is 5.10 Å². The van der Waals surface area contributed by atoms with E-state index in [1.54, 1.807) is 26.3 Å². The average Bonchev–Trinajstić information content (AvgIpc) is 3.66. The Morgan fingerprint density at radius 1 is 0.909 bits per heavy atom. The number of carbonyl (C=O) groups is 1. The molecule has 0 unspecified atom stereocenters. The van der Waals surface area contributed by atoms with Crippen molar-refractivity contribution in [2.45, 2.75) is 23.9 Å². The Morgan fingerprint density at radius 2 is 1.68 bits per heavy atom. The maximum atomic E-state index is 14.0. The van der Waals surface area contributed by atoms with Gasteiger partial charge in [0.25, 0.3) is 5.91 Å². The van der Waals surface area contributed by atoms with Crippen LogP contribution in [-0.4, -0.2) is 48.3 Å². The van der Waals surface area contributed by atoms with E-state index in [0.29, 0.717) is 17.9 Å². The zero-order valence-corrected chi connectivity index (χ0v) is 27.1. The molecular formula is C35H32BrN3O4S. The Balaban J connectivity index is 1.29. The Hall–Kier alpha value is -4.21. The molecule has 7 nitrogen and oxygen atoms in total. The van der Waals surface area contributed by atoms with Gasteiger partial charge in [-0.25, -0.2) is 5.01 Å². The summed E-state index contributed by atoms with van der Waals surface area (Å²) in [6.07, 6.45) is 2.68. The van der Waals surface area contributed by atoms with E-state index in [9.17, 15) is 4.79 Å². The topological polar surface area (TPSA) is 65.3 Å². The van der Waals surface area contributed by atoms with Gasteiger partial charge in [-0.15, -0.1) is 11.8 Å². The van der Waals surface area contributed by atoms with Crippen LogP contribution in [0.4, 0.5) is 0 Å². The zero-order valence-electron chi connectivity index (χ0n) is 24.7. The van der Waals surface area contributed by atoms with Crippen molar-refractivity contribution in [3.8, 4) is 17.2 Å². The van der Waals surface area contributed by atoms with E-state index in [1.165, 1.54) is 17.3 Å². The zero-order chi connectivity index (χ0) is 30.6. The molecule has 0 bridgehead atoms. The van der Waals surface area contributed by atoms with E-state index in [1.807, 2.05) is 54.6 Å². The first-order valence-corrected chi connectivity index (χ1v) is 16.0. The van der Waals surface area contributed by atoms with Crippen molar-refractivity contribution < 1.29 is 19.0 Å². The maximum Gasteiger partial charge on any atom is 0.253 e. The molecule has 1 aliphatic heterocycles. The van der Waals surface area contributed by atoms with Gasteiger partial charge in [0.05, 0.1) is 38.8 Å². The van der Waals surface area contributed by atoms with Gasteiger partial charge in [-0.1, -0.05) is 58.4 Å². The molecule has 224 valence electrons. The first-order chi connectivity index (χ1) is 21.5.